The van der Waals surface area contributed by atoms with E-state index in [0.717, 1.165) is 10.7 Å². The molecule has 0 N–H and O–H groups in total. The highest BCUT2D eigenvalue weighted by atomic mass is 19.4. The molecule has 0 atom stereocenters. The molecule has 0 fully saturated rings. The van der Waals surface area contributed by atoms with Gasteiger partial charge in [-0.15, -0.1) is 0 Å². The molecule has 0 aliphatic heterocycles. The number of rotatable bonds is 2. The monoisotopic (exact) mass is 281 g/mol. The Bertz CT molecular complexity index is 654. The number of alkyl halides is 3. The summed E-state index contributed by atoms with van der Waals surface area (Å²) in [6, 6.07) is 3.88. The van der Waals surface area contributed by atoms with E-state index in [0.29, 0.717) is 0 Å². The summed E-state index contributed by atoms with van der Waals surface area (Å²) in [5.41, 5.74) is -1.06. The molecule has 6 nitrogen and oxygen atoms in total. The molecule has 0 aliphatic rings. The molecule has 102 valence electrons. The van der Waals surface area contributed by atoms with Crippen molar-refractivity contribution < 1.29 is 17.6 Å². The largest absolute Gasteiger partial charge is 0.463 e. The Morgan fingerprint density at radius 3 is 2.65 bits per heavy atom. The van der Waals surface area contributed by atoms with Gasteiger partial charge >= 0.3 is 6.18 Å². The molecule has 0 unspecified atom stereocenters. The molecule has 0 spiro atoms. The summed E-state index contributed by atoms with van der Waals surface area (Å²) in [5, 5.41) is 3.71. The topological polar surface area (TPSA) is 69.6 Å². The van der Waals surface area contributed by atoms with E-state index in [4.69, 9.17) is 4.42 Å². The van der Waals surface area contributed by atoms with E-state index >= 15 is 0 Å². The zero-order valence-corrected chi connectivity index (χ0v) is 9.74. The van der Waals surface area contributed by atoms with Gasteiger partial charge in [0.15, 0.2) is 11.5 Å². The van der Waals surface area contributed by atoms with Gasteiger partial charge in [-0.05, 0) is 18.2 Å². The van der Waals surface area contributed by atoms with Crippen molar-refractivity contribution in [2.45, 2.75) is 6.18 Å². The maximum Gasteiger partial charge on any atom is 0.433 e. The highest BCUT2D eigenvalue weighted by Gasteiger charge is 2.34. The van der Waals surface area contributed by atoms with E-state index in [1.54, 1.807) is 6.07 Å². The van der Waals surface area contributed by atoms with Crippen LogP contribution in [0.25, 0.3) is 17.4 Å². The molecule has 0 bridgehead atoms. The van der Waals surface area contributed by atoms with Gasteiger partial charge in [-0.3, -0.25) is 0 Å². The zero-order chi connectivity index (χ0) is 14.2. The van der Waals surface area contributed by atoms with Crippen LogP contribution in [-0.2, 0) is 6.18 Å². The van der Waals surface area contributed by atoms with Gasteiger partial charge in [0.1, 0.15) is 18.3 Å². The Balaban J connectivity index is 2.19. The average Bonchev–Trinajstić information content (AvgIpc) is 3.10. The van der Waals surface area contributed by atoms with Crippen molar-refractivity contribution in [1.29, 1.82) is 0 Å². The van der Waals surface area contributed by atoms with E-state index in [2.05, 4.69) is 20.1 Å². The number of furan rings is 1. The number of aromatic nitrogens is 5. The fourth-order valence-electron chi connectivity index (χ4n) is 1.54. The van der Waals surface area contributed by atoms with Gasteiger partial charge in [0.2, 0.25) is 0 Å². The maximum absolute atomic E-state index is 12.9. The van der Waals surface area contributed by atoms with Gasteiger partial charge in [-0.25, -0.2) is 15.0 Å². The third-order valence-corrected chi connectivity index (χ3v) is 2.40. The molecule has 20 heavy (non-hydrogen) atoms. The van der Waals surface area contributed by atoms with Crippen molar-refractivity contribution in [3.8, 4) is 17.4 Å². The summed E-state index contributed by atoms with van der Waals surface area (Å²) < 4.78 is 44.7. The first-order valence-corrected chi connectivity index (χ1v) is 5.39. The normalized spacial score (nSPS) is 11.8. The molecular weight excluding hydrogens is 275 g/mol. The highest BCUT2D eigenvalue weighted by molar-refractivity contribution is 5.53. The van der Waals surface area contributed by atoms with Crippen LogP contribution in [0.4, 0.5) is 13.2 Å². The Kier molecular flexibility index (Phi) is 2.74. The SMILES string of the molecule is FC(F)(F)c1cc(-c2ccco2)nc(-n2cncn2)n1. The lowest BCUT2D eigenvalue weighted by Crippen LogP contribution is -2.13. The molecule has 0 amide bonds. The molecule has 3 aromatic heterocycles. The minimum absolute atomic E-state index is 0.0165. The summed E-state index contributed by atoms with van der Waals surface area (Å²) in [6.45, 7) is 0. The average molecular weight is 281 g/mol. The van der Waals surface area contributed by atoms with E-state index in [1.165, 1.54) is 25.0 Å². The summed E-state index contributed by atoms with van der Waals surface area (Å²) in [6.07, 6.45) is -0.864. The van der Waals surface area contributed by atoms with Crippen LogP contribution in [-0.4, -0.2) is 24.7 Å². The molecule has 0 aromatic carbocycles. The second-order valence-corrected chi connectivity index (χ2v) is 3.75. The lowest BCUT2D eigenvalue weighted by Gasteiger charge is -2.09. The number of hydrogen-bond acceptors (Lipinski definition) is 5. The van der Waals surface area contributed by atoms with E-state index in [9.17, 15) is 13.2 Å². The Hall–Kier alpha value is -2.71. The summed E-state index contributed by atoms with van der Waals surface area (Å²) >= 11 is 0. The molecule has 9 heteroatoms. The molecule has 3 aromatic rings. The van der Waals surface area contributed by atoms with Gasteiger partial charge < -0.3 is 4.42 Å². The summed E-state index contributed by atoms with van der Waals surface area (Å²) in [4.78, 5) is 11.1. The quantitative estimate of drug-likeness (QED) is 0.721. The lowest BCUT2D eigenvalue weighted by atomic mass is 10.2. The van der Waals surface area contributed by atoms with Crippen LogP contribution in [0.1, 0.15) is 5.69 Å². The van der Waals surface area contributed by atoms with Gasteiger partial charge in [-0.1, -0.05) is 0 Å². The van der Waals surface area contributed by atoms with Crippen molar-refractivity contribution >= 4 is 0 Å². The van der Waals surface area contributed by atoms with Crippen LogP contribution in [0.15, 0.2) is 41.5 Å². The number of halogens is 3. The van der Waals surface area contributed by atoms with Crippen LogP contribution in [0.5, 0.6) is 0 Å². The van der Waals surface area contributed by atoms with Crippen LogP contribution in [0.2, 0.25) is 0 Å². The van der Waals surface area contributed by atoms with Crippen molar-refractivity contribution in [3.05, 3.63) is 42.8 Å². The van der Waals surface area contributed by atoms with Gasteiger partial charge in [0, 0.05) is 0 Å². The van der Waals surface area contributed by atoms with Crippen LogP contribution < -0.4 is 0 Å². The van der Waals surface area contributed by atoms with E-state index < -0.39 is 11.9 Å². The summed E-state index contributed by atoms with van der Waals surface area (Å²) in [7, 11) is 0. The van der Waals surface area contributed by atoms with Gasteiger partial charge in [0.05, 0.1) is 6.26 Å². The van der Waals surface area contributed by atoms with Gasteiger partial charge in [-0.2, -0.15) is 23.0 Å². The maximum atomic E-state index is 12.9. The Labute approximate surface area is 109 Å². The minimum atomic E-state index is -4.60. The van der Waals surface area contributed by atoms with Crippen molar-refractivity contribution in [1.82, 2.24) is 24.7 Å². The van der Waals surface area contributed by atoms with E-state index in [1.807, 2.05) is 0 Å². The number of nitrogens with zero attached hydrogens (tertiary/aromatic N) is 5. The van der Waals surface area contributed by atoms with Crippen LogP contribution in [0.3, 0.4) is 0 Å². The first kappa shape index (κ1) is 12.3. The smallest absolute Gasteiger partial charge is 0.433 e. The molecular formula is C11H6F3N5O. The third kappa shape index (κ3) is 2.25. The predicted molar refractivity (Wildman–Crippen MR) is 59.7 cm³/mol. The van der Waals surface area contributed by atoms with E-state index in [-0.39, 0.29) is 17.4 Å². The lowest BCUT2D eigenvalue weighted by molar-refractivity contribution is -0.141. The molecule has 0 radical (unpaired) electrons. The molecule has 0 aliphatic carbocycles. The first-order valence-electron chi connectivity index (χ1n) is 5.39. The zero-order valence-electron chi connectivity index (χ0n) is 9.74. The predicted octanol–water partition coefficient (Wildman–Crippen LogP) is 2.34. The Morgan fingerprint density at radius 2 is 2.05 bits per heavy atom. The van der Waals surface area contributed by atoms with Crippen molar-refractivity contribution in [3.63, 3.8) is 0 Å². The Morgan fingerprint density at radius 1 is 1.20 bits per heavy atom. The fourth-order valence-corrected chi connectivity index (χ4v) is 1.54. The molecule has 0 saturated heterocycles. The first-order chi connectivity index (χ1) is 9.54. The second kappa shape index (κ2) is 4.44. The number of hydrogen-bond donors (Lipinski definition) is 0. The van der Waals surface area contributed by atoms with Crippen LogP contribution in [0, 0.1) is 0 Å². The second-order valence-electron chi connectivity index (χ2n) is 3.75. The van der Waals surface area contributed by atoms with Gasteiger partial charge in [0.25, 0.3) is 5.95 Å². The minimum Gasteiger partial charge on any atom is -0.463 e. The molecule has 3 rings (SSSR count). The summed E-state index contributed by atoms with van der Waals surface area (Å²) in [5.74, 6) is -0.0250. The van der Waals surface area contributed by atoms with Crippen molar-refractivity contribution in [2.75, 3.05) is 0 Å². The van der Waals surface area contributed by atoms with Crippen molar-refractivity contribution in [2.24, 2.45) is 0 Å². The third-order valence-electron chi connectivity index (χ3n) is 2.40. The highest BCUT2D eigenvalue weighted by Crippen LogP contribution is 2.30. The molecule has 0 saturated carbocycles. The van der Waals surface area contributed by atoms with Crippen LogP contribution >= 0.6 is 0 Å². The standard InChI is InChI=1S/C11H6F3N5O/c12-11(13,14)9-4-7(8-2-1-3-20-8)17-10(18-9)19-6-15-5-16-19/h1-6H. The fraction of sp³-hybridized carbons (Fsp3) is 0.0909. The molecule has 3 heterocycles.